The van der Waals surface area contributed by atoms with Crippen molar-refractivity contribution < 1.29 is 4.52 Å². The van der Waals surface area contributed by atoms with Gasteiger partial charge in [0.15, 0.2) is 5.82 Å². The number of fused-ring (bicyclic) bond motifs is 1. The highest BCUT2D eigenvalue weighted by atomic mass is 15.4. The number of anilines is 1. The van der Waals surface area contributed by atoms with Gasteiger partial charge in [-0.1, -0.05) is 35.4 Å². The van der Waals surface area contributed by atoms with E-state index < -0.39 is 0 Å². The van der Waals surface area contributed by atoms with Crippen LogP contribution >= 0.6 is 0 Å². The van der Waals surface area contributed by atoms with Crippen LogP contribution in [0.15, 0.2) is 48.8 Å². The maximum absolute atomic E-state index is 4.41. The lowest BCUT2D eigenvalue weighted by molar-refractivity contribution is -0.579. The van der Waals surface area contributed by atoms with E-state index in [0.29, 0.717) is 0 Å². The molecule has 3 rings (SSSR count). The first kappa shape index (κ1) is 10.7. The van der Waals surface area contributed by atoms with E-state index >= 15 is 0 Å². The number of H-pyrrole nitrogens is 1. The van der Waals surface area contributed by atoms with Gasteiger partial charge >= 0.3 is 5.65 Å². The molecule has 5 nitrogen and oxygen atoms in total. The zero-order valence-corrected chi connectivity index (χ0v) is 10.0. The van der Waals surface area contributed by atoms with Crippen LogP contribution in [-0.2, 0) is 0 Å². The Morgan fingerprint density at radius 2 is 2.00 bits per heavy atom. The van der Waals surface area contributed by atoms with Crippen molar-refractivity contribution in [2.75, 3.05) is 5.32 Å². The topological polar surface area (TPSA) is 57.7 Å². The first-order valence-electron chi connectivity index (χ1n) is 5.87. The minimum absolute atomic E-state index is 0.212. The molecule has 90 valence electrons. The van der Waals surface area contributed by atoms with Crippen LogP contribution in [0.1, 0.15) is 18.5 Å². The van der Waals surface area contributed by atoms with Crippen LogP contribution in [0, 0.1) is 0 Å². The Balaban J connectivity index is 1.83. The molecule has 0 radical (unpaired) electrons. The molecule has 0 saturated heterocycles. The van der Waals surface area contributed by atoms with E-state index in [9.17, 15) is 0 Å². The number of rotatable bonds is 3. The van der Waals surface area contributed by atoms with Gasteiger partial charge in [-0.05, 0) is 18.6 Å². The second kappa shape index (κ2) is 4.44. The highest BCUT2D eigenvalue weighted by Crippen LogP contribution is 2.16. The third kappa shape index (κ3) is 2.02. The molecule has 2 aromatic heterocycles. The molecule has 0 fully saturated rings. The molecule has 1 aromatic carbocycles. The molecule has 1 unspecified atom stereocenters. The molecule has 0 aliphatic rings. The van der Waals surface area contributed by atoms with Crippen molar-refractivity contribution in [3.63, 3.8) is 0 Å². The van der Waals surface area contributed by atoms with Gasteiger partial charge in [-0.25, -0.2) is 0 Å². The summed E-state index contributed by atoms with van der Waals surface area (Å²) in [5, 5.41) is 14.6. The average molecular weight is 240 g/mol. The van der Waals surface area contributed by atoms with Gasteiger partial charge in [0, 0.05) is 11.2 Å². The van der Waals surface area contributed by atoms with Crippen molar-refractivity contribution in [1.29, 1.82) is 0 Å². The zero-order chi connectivity index (χ0) is 12.4. The maximum atomic E-state index is 4.41. The van der Waals surface area contributed by atoms with Gasteiger partial charge in [-0.2, -0.15) is 0 Å². The van der Waals surface area contributed by atoms with Crippen LogP contribution in [0.2, 0.25) is 0 Å². The summed E-state index contributed by atoms with van der Waals surface area (Å²) in [6.45, 7) is 2.11. The summed E-state index contributed by atoms with van der Waals surface area (Å²) < 4.78 is 1.71. The van der Waals surface area contributed by atoms with Crippen LogP contribution in [0.4, 0.5) is 5.82 Å². The van der Waals surface area contributed by atoms with Gasteiger partial charge < -0.3 is 5.32 Å². The van der Waals surface area contributed by atoms with Crippen LogP contribution in [0.5, 0.6) is 0 Å². The third-order valence-corrected chi connectivity index (χ3v) is 2.86. The largest absolute Gasteiger partial charge is 0.361 e. The predicted molar refractivity (Wildman–Crippen MR) is 68.0 cm³/mol. The number of hydrogen-bond donors (Lipinski definition) is 2. The Kier molecular flexibility index (Phi) is 2.64. The second-order valence-electron chi connectivity index (χ2n) is 4.17. The zero-order valence-electron chi connectivity index (χ0n) is 10.0. The molecule has 0 amide bonds. The van der Waals surface area contributed by atoms with Crippen molar-refractivity contribution >= 4 is 11.5 Å². The van der Waals surface area contributed by atoms with E-state index in [2.05, 4.69) is 39.7 Å². The van der Waals surface area contributed by atoms with Crippen molar-refractivity contribution in [3.8, 4) is 0 Å². The lowest BCUT2D eigenvalue weighted by Gasteiger charge is -2.13. The fourth-order valence-corrected chi connectivity index (χ4v) is 1.89. The standard InChI is InChI=1S/C13H13N5/c1-10(11-5-3-2-4-6-11)15-12-7-8-13-16-14-9-18(13)17-12/h2-10H,1H3,(H,15,17)/p+1. The molecule has 0 aliphatic carbocycles. The summed E-state index contributed by atoms with van der Waals surface area (Å²) in [5.74, 6) is 0.824. The number of hydrogen-bond acceptors (Lipinski definition) is 3. The van der Waals surface area contributed by atoms with Gasteiger partial charge in [-0.3, -0.25) is 0 Å². The average Bonchev–Trinajstić information content (AvgIpc) is 2.87. The van der Waals surface area contributed by atoms with Crippen molar-refractivity contribution in [2.24, 2.45) is 0 Å². The molecule has 3 aromatic rings. The first-order valence-corrected chi connectivity index (χ1v) is 5.87. The monoisotopic (exact) mass is 240 g/mol. The Bertz CT molecular complexity index is 647. The third-order valence-electron chi connectivity index (χ3n) is 2.86. The molecule has 18 heavy (non-hydrogen) atoms. The molecule has 0 bridgehead atoms. The Morgan fingerprint density at radius 1 is 1.17 bits per heavy atom. The highest BCUT2D eigenvalue weighted by molar-refractivity contribution is 5.40. The van der Waals surface area contributed by atoms with Crippen molar-refractivity contribution in [3.05, 3.63) is 54.4 Å². The summed E-state index contributed by atoms with van der Waals surface area (Å²) in [7, 11) is 0. The molecule has 5 heteroatoms. The van der Waals surface area contributed by atoms with E-state index in [-0.39, 0.29) is 6.04 Å². The van der Waals surface area contributed by atoms with E-state index in [1.54, 1.807) is 10.8 Å². The van der Waals surface area contributed by atoms with Crippen molar-refractivity contribution in [2.45, 2.75) is 13.0 Å². The Hall–Kier alpha value is -2.43. The van der Waals surface area contributed by atoms with Crippen LogP contribution < -0.4 is 9.83 Å². The molecule has 0 aliphatic heterocycles. The van der Waals surface area contributed by atoms with Gasteiger partial charge in [0.2, 0.25) is 6.33 Å². The van der Waals surface area contributed by atoms with Gasteiger partial charge in [0.1, 0.15) is 0 Å². The van der Waals surface area contributed by atoms with Crippen molar-refractivity contribution in [1.82, 2.24) is 15.3 Å². The second-order valence-corrected chi connectivity index (χ2v) is 4.17. The minimum atomic E-state index is 0.212. The summed E-state index contributed by atoms with van der Waals surface area (Å²) in [5.41, 5.74) is 2.03. The van der Waals surface area contributed by atoms with Crippen LogP contribution in [0.3, 0.4) is 0 Å². The van der Waals surface area contributed by atoms with E-state index in [1.807, 2.05) is 30.3 Å². The number of aromatic amines is 1. The maximum Gasteiger partial charge on any atom is 0.325 e. The van der Waals surface area contributed by atoms with E-state index in [1.165, 1.54) is 5.56 Å². The summed E-state index contributed by atoms with van der Waals surface area (Å²) in [6.07, 6.45) is 1.72. The highest BCUT2D eigenvalue weighted by Gasteiger charge is 2.09. The smallest absolute Gasteiger partial charge is 0.325 e. The molecule has 0 saturated carbocycles. The first-order chi connectivity index (χ1) is 8.83. The van der Waals surface area contributed by atoms with Gasteiger partial charge in [0.25, 0.3) is 0 Å². The fraction of sp³-hybridized carbons (Fsp3) is 0.154. The Labute approximate surface area is 104 Å². The summed E-state index contributed by atoms with van der Waals surface area (Å²) in [4.78, 5) is 0. The fourth-order valence-electron chi connectivity index (χ4n) is 1.89. The van der Waals surface area contributed by atoms with Gasteiger partial charge in [0.05, 0.1) is 6.04 Å². The molecule has 2 heterocycles. The number of benzene rings is 1. The molecular weight excluding hydrogens is 226 g/mol. The number of nitrogens with zero attached hydrogens (tertiary/aromatic N) is 3. The van der Waals surface area contributed by atoms with E-state index in [0.717, 1.165) is 11.5 Å². The summed E-state index contributed by atoms with van der Waals surface area (Å²) >= 11 is 0. The van der Waals surface area contributed by atoms with Gasteiger partial charge in [-0.15, -0.1) is 9.61 Å². The number of nitrogens with one attached hydrogen (secondary N) is 2. The van der Waals surface area contributed by atoms with E-state index in [4.69, 9.17) is 0 Å². The Morgan fingerprint density at radius 3 is 2.83 bits per heavy atom. The summed E-state index contributed by atoms with van der Waals surface area (Å²) in [6, 6.07) is 14.3. The molecule has 1 atom stereocenters. The van der Waals surface area contributed by atoms with Crippen LogP contribution in [-0.4, -0.2) is 15.3 Å². The normalized spacial score (nSPS) is 12.5. The SMILES string of the molecule is CC(Nc1ccc2n[nH]c[n+]2n1)c1ccccc1. The molecule has 0 spiro atoms. The molecular formula is C13H14N5+. The quantitative estimate of drug-likeness (QED) is 0.685. The lowest BCUT2D eigenvalue weighted by Crippen LogP contribution is -2.25. The minimum Gasteiger partial charge on any atom is -0.361 e. The number of aromatic nitrogens is 4. The molecule has 2 N–H and O–H groups in total. The van der Waals surface area contributed by atoms with Crippen LogP contribution in [0.25, 0.3) is 5.65 Å². The lowest BCUT2D eigenvalue weighted by atomic mass is 10.1. The predicted octanol–water partition coefficient (Wildman–Crippen LogP) is 1.72.